The Hall–Kier alpha value is -3.64. The quantitative estimate of drug-likeness (QED) is 0.617. The summed E-state index contributed by atoms with van der Waals surface area (Å²) in [6.45, 7) is 0. The van der Waals surface area contributed by atoms with Gasteiger partial charge in [-0.3, -0.25) is 9.59 Å². The van der Waals surface area contributed by atoms with Crippen molar-refractivity contribution in [2.75, 3.05) is 10.6 Å². The van der Waals surface area contributed by atoms with E-state index in [0.717, 1.165) is 21.7 Å². The van der Waals surface area contributed by atoms with Gasteiger partial charge in [0.25, 0.3) is 5.91 Å². The monoisotopic (exact) mass is 399 g/mol. The molecule has 5 nitrogen and oxygen atoms in total. The molecule has 3 aromatic rings. The molecule has 2 amide bonds. The summed E-state index contributed by atoms with van der Waals surface area (Å²) in [5.41, 5.74) is 2.63. The van der Waals surface area contributed by atoms with Crippen LogP contribution >= 0.6 is 11.8 Å². The van der Waals surface area contributed by atoms with Crippen LogP contribution in [0.3, 0.4) is 0 Å². The van der Waals surface area contributed by atoms with E-state index in [-0.39, 0.29) is 11.8 Å². The molecular formula is C23H17N3O2S. The molecule has 1 aliphatic rings. The summed E-state index contributed by atoms with van der Waals surface area (Å²) in [5, 5.41) is 5.60. The summed E-state index contributed by atoms with van der Waals surface area (Å²) in [5.74, 6) is 0.154. The number of thioether (sulfide) groups is 1. The molecule has 0 atom stereocenters. The minimum atomic E-state index is -0.246. The van der Waals surface area contributed by atoms with Crippen molar-refractivity contribution in [1.29, 1.82) is 0 Å². The molecule has 6 heteroatoms. The number of para-hydroxylation sites is 1. The van der Waals surface area contributed by atoms with Crippen LogP contribution in [0.5, 0.6) is 0 Å². The number of carbonyl (C=O) groups is 2. The van der Waals surface area contributed by atoms with Gasteiger partial charge in [-0.15, -0.1) is 0 Å². The van der Waals surface area contributed by atoms with E-state index >= 15 is 0 Å². The second-order valence-corrected chi connectivity index (χ2v) is 7.35. The Morgan fingerprint density at radius 3 is 2.52 bits per heavy atom. The molecule has 0 unspecified atom stereocenters. The molecule has 142 valence electrons. The smallest absolute Gasteiger partial charge is 0.262 e. The third-order valence-electron chi connectivity index (χ3n) is 4.16. The van der Waals surface area contributed by atoms with Gasteiger partial charge in [0.05, 0.1) is 10.6 Å². The topological polar surface area (TPSA) is 71.1 Å². The maximum absolute atomic E-state index is 12.3. The van der Waals surface area contributed by atoms with Crippen LogP contribution in [-0.2, 0) is 9.59 Å². The number of nitrogens with one attached hydrogen (secondary N) is 2. The number of hydrogen-bond acceptors (Lipinski definition) is 4. The van der Waals surface area contributed by atoms with Crippen molar-refractivity contribution >= 4 is 47.2 Å². The Labute approximate surface area is 172 Å². The SMILES string of the molecule is O=C(/C=C/c1ccc(/C=C2/Sc3ccccc3NC2=O)cc1)Nc1ccccn1. The fraction of sp³-hybridized carbons (Fsp3) is 0. The summed E-state index contributed by atoms with van der Waals surface area (Å²) in [4.78, 5) is 30.0. The summed E-state index contributed by atoms with van der Waals surface area (Å²) >= 11 is 1.46. The third kappa shape index (κ3) is 4.80. The van der Waals surface area contributed by atoms with E-state index in [1.807, 2.05) is 60.7 Å². The van der Waals surface area contributed by atoms with Crippen LogP contribution in [0.2, 0.25) is 0 Å². The third-order valence-corrected chi connectivity index (χ3v) is 5.26. The van der Waals surface area contributed by atoms with Crippen LogP contribution in [0.25, 0.3) is 12.2 Å². The first kappa shape index (κ1) is 18.7. The first-order chi connectivity index (χ1) is 14.2. The second-order valence-electron chi connectivity index (χ2n) is 6.27. The number of amides is 2. The lowest BCUT2D eigenvalue weighted by atomic mass is 10.1. The van der Waals surface area contributed by atoms with Gasteiger partial charge in [-0.25, -0.2) is 4.98 Å². The van der Waals surface area contributed by atoms with Gasteiger partial charge < -0.3 is 10.6 Å². The molecule has 0 radical (unpaired) electrons. The number of aromatic nitrogens is 1. The molecule has 2 aromatic carbocycles. The van der Waals surface area contributed by atoms with Gasteiger partial charge >= 0.3 is 0 Å². The fourth-order valence-electron chi connectivity index (χ4n) is 2.73. The second kappa shape index (κ2) is 8.58. The van der Waals surface area contributed by atoms with E-state index in [4.69, 9.17) is 0 Å². The van der Waals surface area contributed by atoms with Gasteiger partial charge in [0.2, 0.25) is 5.91 Å². The molecule has 0 spiro atoms. The first-order valence-electron chi connectivity index (χ1n) is 8.97. The average Bonchev–Trinajstić information content (AvgIpc) is 2.74. The van der Waals surface area contributed by atoms with E-state index < -0.39 is 0 Å². The zero-order valence-electron chi connectivity index (χ0n) is 15.3. The highest BCUT2D eigenvalue weighted by atomic mass is 32.2. The molecule has 2 heterocycles. The summed E-state index contributed by atoms with van der Waals surface area (Å²) < 4.78 is 0. The number of fused-ring (bicyclic) bond motifs is 1. The molecule has 0 saturated carbocycles. The molecule has 1 aromatic heterocycles. The van der Waals surface area contributed by atoms with E-state index in [2.05, 4.69) is 15.6 Å². The van der Waals surface area contributed by atoms with Crippen molar-refractivity contribution in [3.8, 4) is 0 Å². The van der Waals surface area contributed by atoms with E-state index in [0.29, 0.717) is 10.7 Å². The van der Waals surface area contributed by atoms with Crippen LogP contribution in [0, 0.1) is 0 Å². The summed E-state index contributed by atoms with van der Waals surface area (Å²) in [6.07, 6.45) is 6.67. The summed E-state index contributed by atoms with van der Waals surface area (Å²) in [7, 11) is 0. The molecular weight excluding hydrogens is 382 g/mol. The molecule has 2 N–H and O–H groups in total. The Balaban J connectivity index is 1.42. The lowest BCUT2D eigenvalue weighted by Crippen LogP contribution is -2.17. The van der Waals surface area contributed by atoms with Gasteiger partial charge in [-0.1, -0.05) is 54.2 Å². The van der Waals surface area contributed by atoms with Crippen molar-refractivity contribution in [1.82, 2.24) is 4.98 Å². The van der Waals surface area contributed by atoms with Crippen LogP contribution in [0.15, 0.2) is 88.8 Å². The highest BCUT2D eigenvalue weighted by molar-refractivity contribution is 8.04. The normalized spacial score (nSPS) is 14.5. The predicted molar refractivity (Wildman–Crippen MR) is 117 cm³/mol. The number of benzene rings is 2. The van der Waals surface area contributed by atoms with Gasteiger partial charge in [-0.2, -0.15) is 0 Å². The zero-order valence-corrected chi connectivity index (χ0v) is 16.1. The van der Waals surface area contributed by atoms with Crippen molar-refractivity contribution in [2.45, 2.75) is 4.90 Å². The Bertz CT molecular complexity index is 1110. The Morgan fingerprint density at radius 2 is 1.72 bits per heavy atom. The van der Waals surface area contributed by atoms with E-state index in [9.17, 15) is 9.59 Å². The standard InChI is InChI=1S/C23H17N3O2S/c27-22(26-21-7-3-4-14-24-21)13-12-16-8-10-17(11-9-16)15-20-23(28)25-18-5-1-2-6-19(18)29-20/h1-15H,(H,25,28)(H,24,26,27)/b13-12+,20-15+. The van der Waals surface area contributed by atoms with Crippen LogP contribution in [0.1, 0.15) is 11.1 Å². The predicted octanol–water partition coefficient (Wildman–Crippen LogP) is 4.82. The van der Waals surface area contributed by atoms with E-state index in [1.165, 1.54) is 17.8 Å². The minimum absolute atomic E-state index is 0.108. The maximum atomic E-state index is 12.3. The number of hydrogen-bond donors (Lipinski definition) is 2. The number of carbonyl (C=O) groups excluding carboxylic acids is 2. The lowest BCUT2D eigenvalue weighted by Gasteiger charge is -2.18. The van der Waals surface area contributed by atoms with Crippen molar-refractivity contribution in [2.24, 2.45) is 0 Å². The first-order valence-corrected chi connectivity index (χ1v) is 9.79. The van der Waals surface area contributed by atoms with Gasteiger partial charge in [-0.05, 0) is 47.5 Å². The van der Waals surface area contributed by atoms with Crippen LogP contribution in [-0.4, -0.2) is 16.8 Å². The average molecular weight is 399 g/mol. The highest BCUT2D eigenvalue weighted by Crippen LogP contribution is 2.38. The maximum Gasteiger partial charge on any atom is 0.262 e. The number of pyridine rings is 1. The van der Waals surface area contributed by atoms with Gasteiger partial charge in [0.15, 0.2) is 0 Å². The van der Waals surface area contributed by atoms with Crippen LogP contribution in [0.4, 0.5) is 11.5 Å². The highest BCUT2D eigenvalue weighted by Gasteiger charge is 2.20. The van der Waals surface area contributed by atoms with Crippen LogP contribution < -0.4 is 10.6 Å². The van der Waals surface area contributed by atoms with Gasteiger partial charge in [0.1, 0.15) is 5.82 Å². The largest absolute Gasteiger partial charge is 0.320 e. The number of nitrogens with zero attached hydrogens (tertiary/aromatic N) is 1. The molecule has 4 rings (SSSR count). The van der Waals surface area contributed by atoms with Crippen molar-refractivity contribution < 1.29 is 9.59 Å². The lowest BCUT2D eigenvalue weighted by molar-refractivity contribution is -0.112. The zero-order chi connectivity index (χ0) is 20.1. The number of anilines is 2. The van der Waals surface area contributed by atoms with E-state index in [1.54, 1.807) is 24.4 Å². The molecule has 29 heavy (non-hydrogen) atoms. The van der Waals surface area contributed by atoms with Crippen molar-refractivity contribution in [3.05, 3.63) is 95.0 Å². The Morgan fingerprint density at radius 1 is 0.966 bits per heavy atom. The molecule has 0 aliphatic carbocycles. The number of rotatable bonds is 4. The Kier molecular flexibility index (Phi) is 5.54. The van der Waals surface area contributed by atoms with Crippen molar-refractivity contribution in [3.63, 3.8) is 0 Å². The molecule has 0 saturated heterocycles. The summed E-state index contributed by atoms with van der Waals surface area (Å²) in [6, 6.07) is 20.7. The van der Waals surface area contributed by atoms with Gasteiger partial charge in [0, 0.05) is 17.2 Å². The minimum Gasteiger partial charge on any atom is -0.320 e. The molecule has 0 fully saturated rings. The molecule has 1 aliphatic heterocycles. The molecule has 0 bridgehead atoms. The fourth-order valence-corrected chi connectivity index (χ4v) is 3.69.